The van der Waals surface area contributed by atoms with Crippen molar-refractivity contribution in [2.45, 2.75) is 26.8 Å². The molecule has 0 heterocycles. The molecular formula is C20H26N2O4S. The fourth-order valence-corrected chi connectivity index (χ4v) is 3.74. The molecule has 7 heteroatoms. The summed E-state index contributed by atoms with van der Waals surface area (Å²) in [6, 6.07) is 12.4. The van der Waals surface area contributed by atoms with Crippen molar-refractivity contribution in [2.75, 3.05) is 24.2 Å². The van der Waals surface area contributed by atoms with E-state index < -0.39 is 10.0 Å². The van der Waals surface area contributed by atoms with E-state index in [9.17, 15) is 13.2 Å². The van der Waals surface area contributed by atoms with Crippen LogP contribution in [-0.4, -0.2) is 34.2 Å². The summed E-state index contributed by atoms with van der Waals surface area (Å²) in [5, 5.41) is 2.89. The molecule has 1 N–H and O–H groups in total. The van der Waals surface area contributed by atoms with Crippen molar-refractivity contribution in [3.05, 3.63) is 59.2 Å². The van der Waals surface area contributed by atoms with E-state index in [4.69, 9.17) is 4.74 Å². The largest absolute Gasteiger partial charge is 0.497 e. The standard InChI is InChI=1S/C20H26N2O4S/c1-14-9-10-15(2)19(11-14)16(3)21-20(23)13-22(27(5,24)25)17-7-6-8-18(12-17)26-4/h6-12,16H,13H2,1-5H3,(H,21,23). The van der Waals surface area contributed by atoms with E-state index in [0.717, 1.165) is 27.3 Å². The van der Waals surface area contributed by atoms with Crippen molar-refractivity contribution in [1.82, 2.24) is 5.32 Å². The highest BCUT2D eigenvalue weighted by molar-refractivity contribution is 7.92. The number of carbonyl (C=O) groups excluding carboxylic acids is 1. The van der Waals surface area contributed by atoms with Crippen LogP contribution in [0.25, 0.3) is 0 Å². The van der Waals surface area contributed by atoms with Crippen molar-refractivity contribution >= 4 is 21.6 Å². The molecule has 6 nitrogen and oxygen atoms in total. The molecule has 1 amide bonds. The number of amides is 1. The molecule has 27 heavy (non-hydrogen) atoms. The van der Waals surface area contributed by atoms with Gasteiger partial charge < -0.3 is 10.1 Å². The first kappa shape index (κ1) is 20.8. The number of methoxy groups -OCH3 is 1. The van der Waals surface area contributed by atoms with E-state index in [1.54, 1.807) is 24.3 Å². The Morgan fingerprint density at radius 2 is 1.89 bits per heavy atom. The Labute approximate surface area is 161 Å². The Kier molecular flexibility index (Phi) is 6.49. The number of ether oxygens (including phenoxy) is 1. The van der Waals surface area contributed by atoms with Gasteiger partial charge in [-0.25, -0.2) is 8.42 Å². The van der Waals surface area contributed by atoms with Crippen LogP contribution in [0.3, 0.4) is 0 Å². The van der Waals surface area contributed by atoms with Crippen molar-refractivity contribution in [2.24, 2.45) is 0 Å². The summed E-state index contributed by atoms with van der Waals surface area (Å²) in [5.74, 6) is 0.141. The average molecular weight is 391 g/mol. The Balaban J connectivity index is 2.20. The number of nitrogens with one attached hydrogen (secondary N) is 1. The van der Waals surface area contributed by atoms with Crippen molar-refractivity contribution in [3.8, 4) is 5.75 Å². The molecule has 2 aromatic rings. The van der Waals surface area contributed by atoms with E-state index in [0.29, 0.717) is 11.4 Å². The van der Waals surface area contributed by atoms with Crippen LogP contribution >= 0.6 is 0 Å². The molecule has 146 valence electrons. The minimum atomic E-state index is -3.64. The highest BCUT2D eigenvalue weighted by Gasteiger charge is 2.22. The fraction of sp³-hybridized carbons (Fsp3) is 0.350. The summed E-state index contributed by atoms with van der Waals surface area (Å²) in [7, 11) is -2.13. The number of sulfonamides is 1. The first-order valence-electron chi connectivity index (χ1n) is 8.60. The number of rotatable bonds is 7. The molecular weight excluding hydrogens is 364 g/mol. The van der Waals surface area contributed by atoms with Gasteiger partial charge in [0.2, 0.25) is 15.9 Å². The van der Waals surface area contributed by atoms with Gasteiger partial charge in [-0.15, -0.1) is 0 Å². The predicted molar refractivity (Wildman–Crippen MR) is 108 cm³/mol. The Hall–Kier alpha value is -2.54. The van der Waals surface area contributed by atoms with Crippen LogP contribution in [0.4, 0.5) is 5.69 Å². The second kappa shape index (κ2) is 8.43. The van der Waals surface area contributed by atoms with Gasteiger partial charge in [-0.2, -0.15) is 0 Å². The number of aryl methyl sites for hydroxylation is 2. The summed E-state index contributed by atoms with van der Waals surface area (Å²) in [5.41, 5.74) is 3.56. The van der Waals surface area contributed by atoms with E-state index in [1.807, 2.05) is 39.0 Å². The third kappa shape index (κ3) is 5.47. The number of hydrogen-bond donors (Lipinski definition) is 1. The summed E-state index contributed by atoms with van der Waals surface area (Å²) < 4.78 is 30.7. The molecule has 0 spiro atoms. The van der Waals surface area contributed by atoms with E-state index in [-0.39, 0.29) is 18.5 Å². The van der Waals surface area contributed by atoms with Gasteiger partial charge in [0.1, 0.15) is 12.3 Å². The second-order valence-electron chi connectivity index (χ2n) is 6.62. The third-order valence-electron chi connectivity index (χ3n) is 4.31. The van der Waals surface area contributed by atoms with Crippen molar-refractivity contribution < 1.29 is 17.9 Å². The van der Waals surface area contributed by atoms with E-state index in [2.05, 4.69) is 5.32 Å². The normalized spacial score (nSPS) is 12.3. The number of carbonyl (C=O) groups is 1. The Bertz CT molecular complexity index is 925. The van der Waals surface area contributed by atoms with Crippen LogP contribution in [-0.2, 0) is 14.8 Å². The molecule has 0 radical (unpaired) electrons. The number of hydrogen-bond acceptors (Lipinski definition) is 4. The lowest BCUT2D eigenvalue weighted by Crippen LogP contribution is -2.41. The first-order chi connectivity index (χ1) is 12.6. The van der Waals surface area contributed by atoms with E-state index >= 15 is 0 Å². The Morgan fingerprint density at radius 3 is 2.52 bits per heavy atom. The predicted octanol–water partition coefficient (Wildman–Crippen LogP) is 2.96. The summed E-state index contributed by atoms with van der Waals surface area (Å²) in [4.78, 5) is 12.6. The van der Waals surface area contributed by atoms with Gasteiger partial charge in [-0.3, -0.25) is 9.10 Å². The molecule has 0 bridgehead atoms. The van der Waals surface area contributed by atoms with Gasteiger partial charge in [0.25, 0.3) is 0 Å². The van der Waals surface area contributed by atoms with Gasteiger partial charge in [0.05, 0.1) is 25.1 Å². The molecule has 0 aliphatic carbocycles. The zero-order chi connectivity index (χ0) is 20.2. The van der Waals surface area contributed by atoms with Gasteiger partial charge >= 0.3 is 0 Å². The quantitative estimate of drug-likeness (QED) is 0.789. The van der Waals surface area contributed by atoms with E-state index in [1.165, 1.54) is 7.11 Å². The topological polar surface area (TPSA) is 75.7 Å². The van der Waals surface area contributed by atoms with Gasteiger partial charge in [0.15, 0.2) is 0 Å². The van der Waals surface area contributed by atoms with Crippen molar-refractivity contribution in [1.29, 1.82) is 0 Å². The van der Waals surface area contributed by atoms with Crippen molar-refractivity contribution in [3.63, 3.8) is 0 Å². The molecule has 0 saturated heterocycles. The molecule has 0 saturated carbocycles. The minimum absolute atomic E-state index is 0.232. The van der Waals surface area contributed by atoms with Crippen LogP contribution in [0.1, 0.15) is 29.7 Å². The molecule has 0 aliphatic rings. The highest BCUT2D eigenvalue weighted by Crippen LogP contribution is 2.23. The summed E-state index contributed by atoms with van der Waals surface area (Å²) in [6.07, 6.45) is 1.08. The number of nitrogens with zero attached hydrogens (tertiary/aromatic N) is 1. The summed E-state index contributed by atoms with van der Waals surface area (Å²) >= 11 is 0. The minimum Gasteiger partial charge on any atom is -0.497 e. The van der Waals surface area contributed by atoms with Crippen LogP contribution in [0.2, 0.25) is 0 Å². The van der Waals surface area contributed by atoms with Crippen LogP contribution in [0.5, 0.6) is 5.75 Å². The molecule has 0 aliphatic heterocycles. The smallest absolute Gasteiger partial charge is 0.241 e. The molecule has 1 atom stereocenters. The van der Waals surface area contributed by atoms with Crippen LogP contribution < -0.4 is 14.4 Å². The summed E-state index contributed by atoms with van der Waals surface area (Å²) in [6.45, 7) is 5.55. The molecule has 0 aromatic heterocycles. The fourth-order valence-electron chi connectivity index (χ4n) is 2.89. The lowest BCUT2D eigenvalue weighted by molar-refractivity contribution is -0.120. The van der Waals surface area contributed by atoms with Crippen LogP contribution in [0.15, 0.2) is 42.5 Å². The van der Waals surface area contributed by atoms with Gasteiger partial charge in [-0.1, -0.05) is 29.8 Å². The molecule has 1 unspecified atom stereocenters. The maximum Gasteiger partial charge on any atom is 0.241 e. The maximum absolute atomic E-state index is 12.6. The SMILES string of the molecule is COc1cccc(N(CC(=O)NC(C)c2cc(C)ccc2C)S(C)(=O)=O)c1. The van der Waals surface area contributed by atoms with Crippen LogP contribution in [0, 0.1) is 13.8 Å². The average Bonchev–Trinajstić information content (AvgIpc) is 2.60. The lowest BCUT2D eigenvalue weighted by Gasteiger charge is -2.24. The number of anilines is 1. The maximum atomic E-state index is 12.6. The van der Waals surface area contributed by atoms with Gasteiger partial charge in [0, 0.05) is 6.07 Å². The highest BCUT2D eigenvalue weighted by atomic mass is 32.2. The monoisotopic (exact) mass is 390 g/mol. The first-order valence-corrected chi connectivity index (χ1v) is 10.4. The third-order valence-corrected chi connectivity index (χ3v) is 5.45. The zero-order valence-corrected chi connectivity index (χ0v) is 17.1. The lowest BCUT2D eigenvalue weighted by atomic mass is 10.00. The Morgan fingerprint density at radius 1 is 1.19 bits per heavy atom. The molecule has 2 aromatic carbocycles. The number of benzene rings is 2. The molecule has 2 rings (SSSR count). The zero-order valence-electron chi connectivity index (χ0n) is 16.3. The van der Waals surface area contributed by atoms with Gasteiger partial charge in [-0.05, 0) is 44.0 Å². The molecule has 0 fully saturated rings. The second-order valence-corrected chi connectivity index (χ2v) is 8.53.